The number of hydrogen-bond acceptors (Lipinski definition) is 5. The van der Waals surface area contributed by atoms with Crippen LogP contribution in [0.2, 0.25) is 0 Å². The molecule has 0 amide bonds. The maximum atomic E-state index is 9.26. The van der Waals surface area contributed by atoms with Gasteiger partial charge in [0.25, 0.3) is 0 Å². The van der Waals surface area contributed by atoms with Gasteiger partial charge in [0.1, 0.15) is 0 Å². The lowest BCUT2D eigenvalue weighted by atomic mass is 9.63. The van der Waals surface area contributed by atoms with E-state index in [0.717, 1.165) is 50.5 Å². The molecule has 1 aliphatic rings. The van der Waals surface area contributed by atoms with Crippen LogP contribution in [-0.2, 0) is 12.0 Å². The van der Waals surface area contributed by atoms with Crippen LogP contribution < -0.4 is 9.47 Å². The number of nitrogens with zero attached hydrogens (tertiary/aromatic N) is 3. The number of benzene rings is 2. The van der Waals surface area contributed by atoms with E-state index in [0.29, 0.717) is 18.4 Å². The van der Waals surface area contributed by atoms with Gasteiger partial charge in [0.05, 0.1) is 20.3 Å². The van der Waals surface area contributed by atoms with Gasteiger partial charge in [0.2, 0.25) is 0 Å². The summed E-state index contributed by atoms with van der Waals surface area (Å²) in [5, 5.41) is 9.26. The molecule has 0 bridgehead atoms. The first-order valence-electron chi connectivity index (χ1n) is 12.0. The van der Waals surface area contributed by atoms with E-state index in [2.05, 4.69) is 73.2 Å². The summed E-state index contributed by atoms with van der Waals surface area (Å²) in [5.41, 5.74) is 2.75. The number of piperidine rings is 1. The van der Waals surface area contributed by atoms with Crippen molar-refractivity contribution >= 4 is 0 Å². The first-order chi connectivity index (χ1) is 15.9. The monoisotopic (exact) mass is 449 g/mol. The van der Waals surface area contributed by atoms with E-state index in [-0.39, 0.29) is 5.41 Å². The number of likely N-dealkylation sites (tertiary alicyclic amines) is 1. The van der Waals surface area contributed by atoms with Gasteiger partial charge < -0.3 is 14.4 Å². The molecule has 2 aromatic carbocycles. The fourth-order valence-corrected chi connectivity index (χ4v) is 5.41. The second-order valence-corrected chi connectivity index (χ2v) is 9.54. The van der Waals surface area contributed by atoms with Crippen LogP contribution >= 0.6 is 0 Å². The molecule has 3 atom stereocenters. The van der Waals surface area contributed by atoms with Crippen molar-refractivity contribution in [2.75, 3.05) is 40.9 Å². The summed E-state index contributed by atoms with van der Waals surface area (Å²) in [6.45, 7) is 8.36. The van der Waals surface area contributed by atoms with Gasteiger partial charge in [-0.2, -0.15) is 5.26 Å². The minimum atomic E-state index is 0.135. The predicted octanol–water partition coefficient (Wildman–Crippen LogP) is 5.11. The van der Waals surface area contributed by atoms with E-state index >= 15 is 0 Å². The molecule has 0 N–H and O–H groups in total. The zero-order chi connectivity index (χ0) is 23.8. The Morgan fingerprint density at radius 1 is 1.06 bits per heavy atom. The summed E-state index contributed by atoms with van der Waals surface area (Å²) < 4.78 is 10.9. The molecule has 1 aliphatic heterocycles. The first-order valence-corrected chi connectivity index (χ1v) is 12.0. The second kappa shape index (κ2) is 11.5. The van der Waals surface area contributed by atoms with E-state index < -0.39 is 0 Å². The van der Waals surface area contributed by atoms with Gasteiger partial charge in [-0.25, -0.2) is 0 Å². The average molecular weight is 450 g/mol. The van der Waals surface area contributed by atoms with Gasteiger partial charge >= 0.3 is 0 Å². The second-order valence-electron chi connectivity index (χ2n) is 9.54. The third kappa shape index (κ3) is 5.88. The molecule has 0 unspecified atom stereocenters. The van der Waals surface area contributed by atoms with Crippen LogP contribution in [0.1, 0.15) is 44.2 Å². The smallest absolute Gasteiger partial charge is 0.161 e. The fourth-order valence-electron chi connectivity index (χ4n) is 5.41. The number of methoxy groups -OCH3 is 2. The van der Waals surface area contributed by atoms with Crippen molar-refractivity contribution in [3.8, 4) is 17.6 Å². The highest BCUT2D eigenvalue weighted by Crippen LogP contribution is 2.44. The van der Waals surface area contributed by atoms with Gasteiger partial charge in [-0.3, -0.25) is 4.90 Å². The van der Waals surface area contributed by atoms with Gasteiger partial charge in [-0.1, -0.05) is 43.3 Å². The highest BCUT2D eigenvalue weighted by molar-refractivity contribution is 5.42. The Morgan fingerprint density at radius 3 is 2.45 bits per heavy atom. The molecule has 0 spiro atoms. The minimum absolute atomic E-state index is 0.135. The van der Waals surface area contributed by atoms with E-state index in [1.165, 1.54) is 11.1 Å². The van der Waals surface area contributed by atoms with Crippen LogP contribution in [0, 0.1) is 17.2 Å². The molecule has 0 aromatic heterocycles. The Balaban J connectivity index is 1.83. The molecular formula is C28H39N3O2. The Morgan fingerprint density at radius 2 is 1.79 bits per heavy atom. The molecule has 0 saturated carbocycles. The van der Waals surface area contributed by atoms with Crippen molar-refractivity contribution < 1.29 is 9.47 Å². The number of nitriles is 1. The Kier molecular flexibility index (Phi) is 8.77. The molecule has 2 aromatic rings. The Labute approximate surface area is 199 Å². The zero-order valence-electron chi connectivity index (χ0n) is 20.9. The first kappa shape index (κ1) is 25.1. The summed E-state index contributed by atoms with van der Waals surface area (Å²) >= 11 is 0. The topological polar surface area (TPSA) is 48.7 Å². The minimum Gasteiger partial charge on any atom is -0.493 e. The summed E-state index contributed by atoms with van der Waals surface area (Å²) in [6, 6.07) is 20.0. The molecule has 1 fully saturated rings. The maximum Gasteiger partial charge on any atom is 0.161 e. The number of ether oxygens (including phenoxy) is 2. The van der Waals surface area contributed by atoms with E-state index in [1.54, 1.807) is 14.2 Å². The predicted molar refractivity (Wildman–Crippen MR) is 134 cm³/mol. The van der Waals surface area contributed by atoms with Crippen LogP contribution in [0.3, 0.4) is 0 Å². The van der Waals surface area contributed by atoms with Crippen molar-refractivity contribution in [3.05, 3.63) is 59.7 Å². The highest BCUT2D eigenvalue weighted by Gasteiger charge is 2.43. The quantitative estimate of drug-likeness (QED) is 0.505. The standard InChI is InChI=1S/C28H39N3O2/c1-22-20-30(3)23(2)19-28(22,25-10-7-6-8-11-25)14-17-31(16-9-15-29)21-24-12-13-26(32-4)27(18-24)33-5/h6-8,10-13,18,22-23H,9,14,16-17,19-21H2,1-5H3/t22-,23-,28+/m1/s1. The number of rotatable bonds is 10. The fraction of sp³-hybridized carbons (Fsp3) is 0.536. The van der Waals surface area contributed by atoms with E-state index in [1.807, 2.05) is 12.1 Å². The molecule has 0 radical (unpaired) electrons. The maximum absolute atomic E-state index is 9.26. The van der Waals surface area contributed by atoms with Crippen molar-refractivity contribution in [2.45, 2.75) is 51.1 Å². The molecule has 33 heavy (non-hydrogen) atoms. The normalized spacial score (nSPS) is 23.3. The molecule has 178 valence electrons. The van der Waals surface area contributed by atoms with Crippen molar-refractivity contribution in [2.24, 2.45) is 5.92 Å². The number of hydrogen-bond donors (Lipinski definition) is 0. The molecular weight excluding hydrogens is 410 g/mol. The molecule has 5 heteroatoms. The summed E-state index contributed by atoms with van der Waals surface area (Å²) in [5.74, 6) is 2.04. The van der Waals surface area contributed by atoms with E-state index in [4.69, 9.17) is 9.47 Å². The lowest BCUT2D eigenvalue weighted by molar-refractivity contribution is 0.0602. The third-order valence-electron chi connectivity index (χ3n) is 7.53. The molecule has 3 rings (SSSR count). The van der Waals surface area contributed by atoms with Gasteiger partial charge in [0.15, 0.2) is 11.5 Å². The van der Waals surface area contributed by atoms with Crippen molar-refractivity contribution in [1.29, 1.82) is 5.26 Å². The molecule has 0 aliphatic carbocycles. The molecule has 5 nitrogen and oxygen atoms in total. The lowest BCUT2D eigenvalue weighted by Gasteiger charge is -2.50. The SMILES string of the molecule is COc1ccc(CN(CCC#N)CC[C@]2(c3ccccc3)C[C@@H](C)N(C)C[C@H]2C)cc1OC. The zero-order valence-corrected chi connectivity index (χ0v) is 20.9. The highest BCUT2D eigenvalue weighted by atomic mass is 16.5. The van der Waals surface area contributed by atoms with E-state index in [9.17, 15) is 5.26 Å². The summed E-state index contributed by atoms with van der Waals surface area (Å²) in [4.78, 5) is 4.91. The Bertz CT molecular complexity index is 926. The van der Waals surface area contributed by atoms with Gasteiger partial charge in [-0.05, 0) is 62.5 Å². The van der Waals surface area contributed by atoms with Crippen LogP contribution in [0.25, 0.3) is 0 Å². The molecule has 1 heterocycles. The lowest BCUT2D eigenvalue weighted by Crippen LogP contribution is -2.52. The van der Waals surface area contributed by atoms with Crippen LogP contribution in [0.4, 0.5) is 0 Å². The van der Waals surface area contributed by atoms with Crippen molar-refractivity contribution in [3.63, 3.8) is 0 Å². The van der Waals surface area contributed by atoms with Crippen LogP contribution in [0.5, 0.6) is 11.5 Å². The average Bonchev–Trinajstić information content (AvgIpc) is 2.84. The van der Waals surface area contributed by atoms with Crippen LogP contribution in [0.15, 0.2) is 48.5 Å². The third-order valence-corrected chi connectivity index (χ3v) is 7.53. The summed E-state index contributed by atoms with van der Waals surface area (Å²) in [7, 11) is 5.57. The van der Waals surface area contributed by atoms with Gasteiger partial charge in [-0.15, -0.1) is 0 Å². The largest absolute Gasteiger partial charge is 0.493 e. The van der Waals surface area contributed by atoms with Crippen molar-refractivity contribution in [1.82, 2.24) is 9.80 Å². The van der Waals surface area contributed by atoms with Gasteiger partial charge in [0, 0.05) is 37.5 Å². The molecule has 1 saturated heterocycles. The van der Waals surface area contributed by atoms with Crippen LogP contribution in [-0.4, -0.2) is 56.7 Å². The summed E-state index contributed by atoms with van der Waals surface area (Å²) in [6.07, 6.45) is 2.76. The Hall–Kier alpha value is -2.55.